The Labute approximate surface area is 156 Å². The lowest BCUT2D eigenvalue weighted by molar-refractivity contribution is 0.0697. The second kappa shape index (κ2) is 8.88. The molecule has 0 radical (unpaired) electrons. The number of ether oxygens (including phenoxy) is 1. The quantitative estimate of drug-likeness (QED) is 0.560. The number of benzene rings is 2. The molecule has 0 heterocycles. The summed E-state index contributed by atoms with van der Waals surface area (Å²) in [6.07, 6.45) is 8.07. The molecule has 138 valence electrons. The molecule has 3 nitrogen and oxygen atoms in total. The third kappa shape index (κ3) is 4.87. The van der Waals surface area contributed by atoms with Gasteiger partial charge in [0, 0.05) is 0 Å². The summed E-state index contributed by atoms with van der Waals surface area (Å²) in [6, 6.07) is 15.0. The number of hydrogen-bond donors (Lipinski definition) is 1. The minimum Gasteiger partial charge on any atom is -0.493 e. The molecule has 1 saturated carbocycles. The molecule has 3 heteroatoms. The van der Waals surface area contributed by atoms with Crippen molar-refractivity contribution >= 4 is 5.97 Å². The molecule has 2 aromatic rings. The number of rotatable bonds is 9. The molecule has 0 saturated heterocycles. The molecule has 26 heavy (non-hydrogen) atoms. The third-order valence-corrected chi connectivity index (χ3v) is 5.35. The summed E-state index contributed by atoms with van der Waals surface area (Å²) >= 11 is 0. The van der Waals surface area contributed by atoms with Crippen LogP contribution >= 0.6 is 0 Å². The fraction of sp³-hybridized carbons (Fsp3) is 0.435. The molecule has 0 aromatic heterocycles. The lowest BCUT2D eigenvalue weighted by Crippen LogP contribution is -2.28. The van der Waals surface area contributed by atoms with Crippen LogP contribution in [0.4, 0.5) is 0 Å². The number of carboxylic acid groups (broad SMARTS) is 1. The van der Waals surface area contributed by atoms with Crippen LogP contribution in [0.15, 0.2) is 48.5 Å². The Hall–Kier alpha value is -2.29. The van der Waals surface area contributed by atoms with Gasteiger partial charge < -0.3 is 9.84 Å². The van der Waals surface area contributed by atoms with E-state index in [0.717, 1.165) is 29.4 Å². The van der Waals surface area contributed by atoms with E-state index >= 15 is 0 Å². The van der Waals surface area contributed by atoms with Crippen molar-refractivity contribution in [3.8, 4) is 16.9 Å². The van der Waals surface area contributed by atoms with Crippen LogP contribution in [0.2, 0.25) is 0 Å². The van der Waals surface area contributed by atoms with Gasteiger partial charge in [0.05, 0.1) is 12.2 Å². The van der Waals surface area contributed by atoms with Gasteiger partial charge in [-0.1, -0.05) is 56.9 Å². The van der Waals surface area contributed by atoms with E-state index < -0.39 is 5.97 Å². The number of hydrogen-bond acceptors (Lipinski definition) is 2. The SMILES string of the molecule is CCCCCC1CC(COc2ccc(-c3ccc(C(=O)O)cc3)cc2)C1. The maximum Gasteiger partial charge on any atom is 0.335 e. The molecule has 1 N–H and O–H groups in total. The highest BCUT2D eigenvalue weighted by atomic mass is 16.5. The summed E-state index contributed by atoms with van der Waals surface area (Å²) in [5.41, 5.74) is 2.38. The van der Waals surface area contributed by atoms with Crippen molar-refractivity contribution in [3.05, 3.63) is 54.1 Å². The van der Waals surface area contributed by atoms with Crippen molar-refractivity contribution in [1.82, 2.24) is 0 Å². The number of carbonyl (C=O) groups is 1. The smallest absolute Gasteiger partial charge is 0.335 e. The normalized spacial score (nSPS) is 19.0. The molecular formula is C23H28O3. The fourth-order valence-electron chi connectivity index (χ4n) is 3.69. The van der Waals surface area contributed by atoms with Gasteiger partial charge in [-0.2, -0.15) is 0 Å². The minimum atomic E-state index is -0.899. The van der Waals surface area contributed by atoms with E-state index in [1.165, 1.54) is 38.5 Å². The Balaban J connectivity index is 1.44. The molecule has 1 fully saturated rings. The number of carboxylic acids is 1. The Morgan fingerprint density at radius 1 is 0.962 bits per heavy atom. The van der Waals surface area contributed by atoms with Crippen molar-refractivity contribution < 1.29 is 14.6 Å². The van der Waals surface area contributed by atoms with Gasteiger partial charge in [-0.15, -0.1) is 0 Å². The zero-order chi connectivity index (χ0) is 18.4. The van der Waals surface area contributed by atoms with Crippen LogP contribution < -0.4 is 4.74 Å². The largest absolute Gasteiger partial charge is 0.493 e. The first kappa shape index (κ1) is 18.5. The first-order valence-corrected chi connectivity index (χ1v) is 9.72. The third-order valence-electron chi connectivity index (χ3n) is 5.35. The predicted octanol–water partition coefficient (Wildman–Crippen LogP) is 6.04. The van der Waals surface area contributed by atoms with Crippen LogP contribution in [0.5, 0.6) is 5.75 Å². The van der Waals surface area contributed by atoms with Gasteiger partial charge in [-0.05, 0) is 60.1 Å². The minimum absolute atomic E-state index is 0.308. The van der Waals surface area contributed by atoms with E-state index in [1.54, 1.807) is 12.1 Å². The van der Waals surface area contributed by atoms with E-state index in [-0.39, 0.29) is 0 Å². The van der Waals surface area contributed by atoms with Crippen LogP contribution in [0.3, 0.4) is 0 Å². The summed E-state index contributed by atoms with van der Waals surface area (Å²) in [7, 11) is 0. The number of unbranched alkanes of at least 4 members (excludes halogenated alkanes) is 2. The number of aromatic carboxylic acids is 1. The zero-order valence-electron chi connectivity index (χ0n) is 15.5. The molecule has 0 aliphatic heterocycles. The summed E-state index contributed by atoms with van der Waals surface area (Å²) < 4.78 is 5.95. The average molecular weight is 352 g/mol. The monoisotopic (exact) mass is 352 g/mol. The van der Waals surface area contributed by atoms with Crippen LogP contribution in [0.25, 0.3) is 11.1 Å². The van der Waals surface area contributed by atoms with Crippen LogP contribution in [-0.4, -0.2) is 17.7 Å². The molecule has 1 aliphatic carbocycles. The van der Waals surface area contributed by atoms with Crippen LogP contribution in [0.1, 0.15) is 55.8 Å². The van der Waals surface area contributed by atoms with E-state index in [4.69, 9.17) is 9.84 Å². The molecule has 0 unspecified atom stereocenters. The van der Waals surface area contributed by atoms with Crippen molar-refractivity contribution in [2.24, 2.45) is 11.8 Å². The van der Waals surface area contributed by atoms with E-state index in [9.17, 15) is 4.79 Å². The Bertz CT molecular complexity index is 697. The lowest BCUT2D eigenvalue weighted by atomic mass is 9.73. The Morgan fingerprint density at radius 3 is 2.15 bits per heavy atom. The van der Waals surface area contributed by atoms with Crippen molar-refractivity contribution in [2.45, 2.75) is 45.4 Å². The topological polar surface area (TPSA) is 46.5 Å². The van der Waals surface area contributed by atoms with Gasteiger partial charge in [0.25, 0.3) is 0 Å². The fourth-order valence-corrected chi connectivity index (χ4v) is 3.69. The predicted molar refractivity (Wildman–Crippen MR) is 105 cm³/mol. The summed E-state index contributed by atoms with van der Waals surface area (Å²) in [5, 5.41) is 8.97. The maximum absolute atomic E-state index is 10.9. The lowest BCUT2D eigenvalue weighted by Gasteiger charge is -2.35. The summed E-state index contributed by atoms with van der Waals surface area (Å²) in [6.45, 7) is 3.07. The van der Waals surface area contributed by atoms with E-state index in [0.29, 0.717) is 11.5 Å². The first-order valence-electron chi connectivity index (χ1n) is 9.72. The van der Waals surface area contributed by atoms with Crippen LogP contribution in [-0.2, 0) is 0 Å². The van der Waals surface area contributed by atoms with Gasteiger partial charge in [0.2, 0.25) is 0 Å². The maximum atomic E-state index is 10.9. The average Bonchev–Trinajstić information content (AvgIpc) is 2.63. The molecule has 2 aromatic carbocycles. The van der Waals surface area contributed by atoms with Crippen LogP contribution in [0, 0.1) is 11.8 Å². The molecule has 3 rings (SSSR count). The van der Waals surface area contributed by atoms with Crippen molar-refractivity contribution in [1.29, 1.82) is 0 Å². The van der Waals surface area contributed by atoms with E-state index in [1.807, 2.05) is 36.4 Å². The molecular weight excluding hydrogens is 324 g/mol. The highest BCUT2D eigenvalue weighted by molar-refractivity contribution is 5.88. The summed E-state index contributed by atoms with van der Waals surface area (Å²) in [4.78, 5) is 10.9. The summed E-state index contributed by atoms with van der Waals surface area (Å²) in [5.74, 6) is 1.64. The molecule has 0 bridgehead atoms. The molecule has 0 spiro atoms. The standard InChI is InChI=1S/C23H28O3/c1-2-3-4-5-17-14-18(15-17)16-26-22-12-10-20(11-13-22)19-6-8-21(9-7-19)23(24)25/h6-13,17-18H,2-5,14-16H2,1H3,(H,24,25). The second-order valence-corrected chi connectivity index (χ2v) is 7.42. The van der Waals surface area contributed by atoms with Crippen molar-refractivity contribution in [3.63, 3.8) is 0 Å². The Morgan fingerprint density at radius 2 is 1.58 bits per heavy atom. The molecule has 0 amide bonds. The highest BCUT2D eigenvalue weighted by Crippen LogP contribution is 2.37. The van der Waals surface area contributed by atoms with E-state index in [2.05, 4.69) is 6.92 Å². The van der Waals surface area contributed by atoms with Gasteiger partial charge >= 0.3 is 5.97 Å². The van der Waals surface area contributed by atoms with Crippen molar-refractivity contribution in [2.75, 3.05) is 6.61 Å². The van der Waals surface area contributed by atoms with Gasteiger partial charge in [0.1, 0.15) is 5.75 Å². The van der Waals surface area contributed by atoms with Gasteiger partial charge in [0.15, 0.2) is 0 Å². The second-order valence-electron chi connectivity index (χ2n) is 7.42. The highest BCUT2D eigenvalue weighted by Gasteiger charge is 2.28. The van der Waals surface area contributed by atoms with Gasteiger partial charge in [-0.25, -0.2) is 4.79 Å². The zero-order valence-corrected chi connectivity index (χ0v) is 15.5. The Kier molecular flexibility index (Phi) is 6.32. The van der Waals surface area contributed by atoms with Gasteiger partial charge in [-0.3, -0.25) is 0 Å². The molecule has 1 aliphatic rings. The molecule has 0 atom stereocenters. The first-order chi connectivity index (χ1) is 12.7.